The van der Waals surface area contributed by atoms with Crippen LogP contribution in [0.4, 0.5) is 5.69 Å². The van der Waals surface area contributed by atoms with E-state index in [4.69, 9.17) is 4.74 Å². The van der Waals surface area contributed by atoms with Crippen molar-refractivity contribution in [3.63, 3.8) is 0 Å². The Hall–Kier alpha value is -2.16. The van der Waals surface area contributed by atoms with Gasteiger partial charge in [-0.2, -0.15) is 0 Å². The molecule has 0 aliphatic heterocycles. The third-order valence-electron chi connectivity index (χ3n) is 3.65. The molecule has 2 rings (SSSR count). The van der Waals surface area contributed by atoms with Gasteiger partial charge in [0.05, 0.1) is 4.90 Å². The van der Waals surface area contributed by atoms with Crippen molar-refractivity contribution < 1.29 is 17.9 Å². The molecular weight excluding hydrogens is 342 g/mol. The zero-order chi connectivity index (χ0) is 18.4. The number of methoxy groups -OCH3 is 1. The average molecular weight is 365 g/mol. The first-order valence-electron chi connectivity index (χ1n) is 7.81. The quantitative estimate of drug-likeness (QED) is 0.680. The number of ether oxygens (including phenoxy) is 1. The predicted octanol–water partition coefficient (Wildman–Crippen LogP) is 0.947. The second kappa shape index (κ2) is 8.28. The maximum Gasteiger partial charge on any atom is 0.246 e. The number of rotatable bonds is 8. The highest BCUT2D eigenvalue weighted by Crippen LogP contribution is 2.29. The van der Waals surface area contributed by atoms with Crippen LogP contribution in [0, 0.1) is 0 Å². The van der Waals surface area contributed by atoms with Gasteiger partial charge < -0.3 is 15.0 Å². The highest BCUT2D eigenvalue weighted by Gasteiger charge is 2.18. The summed E-state index contributed by atoms with van der Waals surface area (Å²) in [6, 6.07) is 10.8. The summed E-state index contributed by atoms with van der Waals surface area (Å²) in [5.41, 5.74) is 0.946. The molecule has 0 aliphatic carbocycles. The zero-order valence-corrected chi connectivity index (χ0v) is 15.4. The maximum atomic E-state index is 12.6. The van der Waals surface area contributed by atoms with Crippen molar-refractivity contribution in [1.82, 2.24) is 10.0 Å². The number of nitrogens with one attached hydrogen (secondary N) is 2. The van der Waals surface area contributed by atoms with Gasteiger partial charge in [0.2, 0.25) is 15.9 Å². The van der Waals surface area contributed by atoms with Crippen molar-refractivity contribution in [2.75, 3.05) is 45.8 Å². The molecule has 0 saturated carbocycles. The van der Waals surface area contributed by atoms with Crippen molar-refractivity contribution in [1.29, 1.82) is 0 Å². The van der Waals surface area contributed by atoms with Gasteiger partial charge in [-0.1, -0.05) is 24.3 Å². The van der Waals surface area contributed by atoms with E-state index >= 15 is 0 Å². The van der Waals surface area contributed by atoms with Gasteiger partial charge in [-0.05, 0) is 12.1 Å². The second-order valence-electron chi connectivity index (χ2n) is 5.70. The van der Waals surface area contributed by atoms with Crippen LogP contribution in [0.25, 0.3) is 10.8 Å². The van der Waals surface area contributed by atoms with E-state index in [1.165, 1.54) is 7.11 Å². The van der Waals surface area contributed by atoms with Crippen molar-refractivity contribution in [2.45, 2.75) is 4.90 Å². The summed E-state index contributed by atoms with van der Waals surface area (Å²) in [5.74, 6) is -0.289. The Balaban J connectivity index is 2.19. The van der Waals surface area contributed by atoms with E-state index in [9.17, 15) is 13.2 Å². The standard InChI is InChI=1S/C17H23N3O4S/c1-20(2)15-8-4-7-14-13(15)6-5-9-16(14)25(22,23)19-11-10-18-17(21)12-24-3/h4-9,19H,10-12H2,1-3H3,(H,18,21). The van der Waals surface area contributed by atoms with Gasteiger partial charge in [0.15, 0.2) is 0 Å². The fraction of sp³-hybridized carbons (Fsp3) is 0.353. The minimum Gasteiger partial charge on any atom is -0.377 e. The lowest BCUT2D eigenvalue weighted by atomic mass is 10.1. The van der Waals surface area contributed by atoms with Crippen LogP contribution < -0.4 is 14.9 Å². The SMILES string of the molecule is COCC(=O)NCCNS(=O)(=O)c1cccc2c(N(C)C)cccc12. The lowest BCUT2D eigenvalue weighted by Crippen LogP contribution is -2.36. The Kier molecular flexibility index (Phi) is 6.35. The molecule has 0 bridgehead atoms. The summed E-state index contributed by atoms with van der Waals surface area (Å²) in [4.78, 5) is 13.5. The average Bonchev–Trinajstić information content (AvgIpc) is 2.57. The molecule has 8 heteroatoms. The zero-order valence-electron chi connectivity index (χ0n) is 14.6. The number of hydrogen-bond acceptors (Lipinski definition) is 5. The lowest BCUT2D eigenvalue weighted by molar-refractivity contribution is -0.124. The molecule has 2 N–H and O–H groups in total. The van der Waals surface area contributed by atoms with Crippen LogP contribution >= 0.6 is 0 Å². The summed E-state index contributed by atoms with van der Waals surface area (Å²) >= 11 is 0. The molecule has 0 saturated heterocycles. The van der Waals surface area contributed by atoms with Crippen LogP contribution in [-0.4, -0.2) is 55.2 Å². The first kappa shape index (κ1) is 19.2. The monoisotopic (exact) mass is 365 g/mol. The van der Waals surface area contributed by atoms with E-state index in [-0.39, 0.29) is 30.5 Å². The number of sulfonamides is 1. The predicted molar refractivity (Wildman–Crippen MR) is 98.3 cm³/mol. The molecule has 2 aromatic carbocycles. The van der Waals surface area contributed by atoms with Crippen LogP contribution in [0.2, 0.25) is 0 Å². The van der Waals surface area contributed by atoms with Gasteiger partial charge in [-0.15, -0.1) is 0 Å². The second-order valence-corrected chi connectivity index (χ2v) is 7.44. The van der Waals surface area contributed by atoms with Crippen molar-refractivity contribution in [3.05, 3.63) is 36.4 Å². The molecule has 7 nitrogen and oxygen atoms in total. The van der Waals surface area contributed by atoms with E-state index in [1.807, 2.05) is 37.2 Å². The van der Waals surface area contributed by atoms with Crippen molar-refractivity contribution >= 4 is 32.4 Å². The van der Waals surface area contributed by atoms with Crippen LogP contribution in [0.15, 0.2) is 41.3 Å². The Labute approximate surface area is 148 Å². The van der Waals surface area contributed by atoms with Gasteiger partial charge in [0.1, 0.15) is 6.61 Å². The first-order valence-corrected chi connectivity index (χ1v) is 9.29. The molecule has 136 valence electrons. The van der Waals surface area contributed by atoms with Crippen molar-refractivity contribution in [3.8, 4) is 0 Å². The first-order chi connectivity index (χ1) is 11.9. The largest absolute Gasteiger partial charge is 0.377 e. The molecule has 0 aliphatic rings. The number of carbonyl (C=O) groups is 1. The van der Waals surface area contributed by atoms with E-state index in [0.29, 0.717) is 5.39 Å². The molecule has 0 fully saturated rings. The van der Waals surface area contributed by atoms with E-state index in [1.54, 1.807) is 18.2 Å². The lowest BCUT2D eigenvalue weighted by Gasteiger charge is -2.17. The molecule has 2 aromatic rings. The Morgan fingerprint density at radius 1 is 1.08 bits per heavy atom. The van der Waals surface area contributed by atoms with Crippen LogP contribution in [0.3, 0.4) is 0 Å². The Bertz CT molecular complexity index is 850. The third-order valence-corrected chi connectivity index (χ3v) is 5.16. The van der Waals surface area contributed by atoms with Crippen LogP contribution in [0.5, 0.6) is 0 Å². The molecule has 0 radical (unpaired) electrons. The molecule has 0 heterocycles. The normalized spacial score (nSPS) is 11.5. The summed E-state index contributed by atoms with van der Waals surface area (Å²) in [5, 5.41) is 4.09. The summed E-state index contributed by atoms with van der Waals surface area (Å²) in [6.07, 6.45) is 0. The fourth-order valence-electron chi connectivity index (χ4n) is 2.54. The van der Waals surface area contributed by atoms with Gasteiger partial charge in [-0.25, -0.2) is 13.1 Å². The van der Waals surface area contributed by atoms with Gasteiger partial charge in [0, 0.05) is 50.8 Å². The van der Waals surface area contributed by atoms with Gasteiger partial charge >= 0.3 is 0 Å². The number of carbonyl (C=O) groups excluding carboxylic acids is 1. The Morgan fingerprint density at radius 2 is 1.76 bits per heavy atom. The van der Waals surface area contributed by atoms with E-state index < -0.39 is 10.0 Å². The number of anilines is 1. The van der Waals surface area contributed by atoms with Gasteiger partial charge in [-0.3, -0.25) is 4.79 Å². The molecule has 0 spiro atoms. The maximum absolute atomic E-state index is 12.6. The molecule has 0 unspecified atom stereocenters. The number of nitrogens with zero attached hydrogens (tertiary/aromatic N) is 1. The van der Waals surface area contributed by atoms with Gasteiger partial charge in [0.25, 0.3) is 0 Å². The minimum absolute atomic E-state index is 0.0522. The fourth-order valence-corrected chi connectivity index (χ4v) is 3.79. The molecule has 0 aromatic heterocycles. The summed E-state index contributed by atoms with van der Waals surface area (Å²) in [7, 11) is 1.56. The van der Waals surface area contributed by atoms with E-state index in [2.05, 4.69) is 10.0 Å². The molecule has 0 atom stereocenters. The molecule has 25 heavy (non-hydrogen) atoms. The highest BCUT2D eigenvalue weighted by atomic mass is 32.2. The summed E-state index contributed by atoms with van der Waals surface area (Å²) < 4.78 is 32.5. The molecular formula is C17H23N3O4S. The summed E-state index contributed by atoms with van der Waals surface area (Å²) in [6.45, 7) is 0.236. The third kappa shape index (κ3) is 4.68. The molecule has 1 amide bonds. The number of hydrogen-bond donors (Lipinski definition) is 2. The highest BCUT2D eigenvalue weighted by molar-refractivity contribution is 7.89. The smallest absolute Gasteiger partial charge is 0.246 e. The number of amides is 1. The van der Waals surface area contributed by atoms with E-state index in [0.717, 1.165) is 11.1 Å². The number of fused-ring (bicyclic) bond motifs is 1. The minimum atomic E-state index is -3.69. The van der Waals surface area contributed by atoms with Crippen molar-refractivity contribution in [2.24, 2.45) is 0 Å². The Morgan fingerprint density at radius 3 is 2.44 bits per heavy atom. The van der Waals surface area contributed by atoms with Crippen LogP contribution in [-0.2, 0) is 19.6 Å². The van der Waals surface area contributed by atoms with Crippen LogP contribution in [0.1, 0.15) is 0 Å². The topological polar surface area (TPSA) is 87.7 Å². The number of benzene rings is 2.